The van der Waals surface area contributed by atoms with Gasteiger partial charge in [0, 0.05) is 13.2 Å². The molecule has 1 aliphatic carbocycles. The zero-order chi connectivity index (χ0) is 8.27. The van der Waals surface area contributed by atoms with E-state index >= 15 is 0 Å². The number of methoxy groups -OCH3 is 1. The third-order valence-corrected chi connectivity index (χ3v) is 2.39. The minimum atomic E-state index is 0.316. The molecule has 0 radical (unpaired) electrons. The van der Waals surface area contributed by atoms with Crippen LogP contribution >= 0.6 is 0 Å². The van der Waals surface area contributed by atoms with Crippen molar-refractivity contribution in [2.24, 2.45) is 11.8 Å². The second-order valence-corrected chi connectivity index (χ2v) is 3.39. The van der Waals surface area contributed by atoms with Crippen molar-refractivity contribution in [3.63, 3.8) is 0 Å². The summed E-state index contributed by atoms with van der Waals surface area (Å²) in [7, 11) is 1.74. The molecule has 2 unspecified atom stereocenters. The normalized spacial score (nSPS) is 23.2. The van der Waals surface area contributed by atoms with Crippen molar-refractivity contribution in [3.05, 3.63) is 0 Å². The van der Waals surface area contributed by atoms with Gasteiger partial charge in [-0.3, -0.25) is 11.3 Å². The molecule has 0 aromatic rings. The highest BCUT2D eigenvalue weighted by Crippen LogP contribution is 2.34. The summed E-state index contributed by atoms with van der Waals surface area (Å²) >= 11 is 0. The summed E-state index contributed by atoms with van der Waals surface area (Å²) in [6, 6.07) is 0.463. The van der Waals surface area contributed by atoms with Crippen LogP contribution in [0.2, 0.25) is 0 Å². The Hall–Kier alpha value is -0.120. The number of hydrazine groups is 1. The Bertz CT molecular complexity index is 115. The van der Waals surface area contributed by atoms with Gasteiger partial charge in [-0.2, -0.15) is 0 Å². The first-order chi connectivity index (χ1) is 5.27. The quantitative estimate of drug-likeness (QED) is 0.456. The molecule has 0 spiro atoms. The van der Waals surface area contributed by atoms with Gasteiger partial charge in [-0.1, -0.05) is 0 Å². The lowest BCUT2D eigenvalue weighted by Gasteiger charge is -2.18. The predicted molar refractivity (Wildman–Crippen MR) is 44.9 cm³/mol. The van der Waals surface area contributed by atoms with Crippen LogP contribution in [0.4, 0.5) is 0 Å². The van der Waals surface area contributed by atoms with Gasteiger partial charge in [0.2, 0.25) is 0 Å². The lowest BCUT2D eigenvalue weighted by atomic mass is 10.1. The summed E-state index contributed by atoms with van der Waals surface area (Å²) in [5.41, 5.74) is 2.85. The van der Waals surface area contributed by atoms with Gasteiger partial charge < -0.3 is 4.74 Å². The molecule has 2 atom stereocenters. The molecule has 0 bridgehead atoms. The lowest BCUT2D eigenvalue weighted by molar-refractivity contribution is 0.0977. The Morgan fingerprint density at radius 1 is 1.64 bits per heavy atom. The van der Waals surface area contributed by atoms with E-state index in [0.29, 0.717) is 12.1 Å². The van der Waals surface area contributed by atoms with Gasteiger partial charge >= 0.3 is 0 Å². The standard InChI is InChI=1S/C8H18N2O/c1-6(11-2)5-8(10-9)7-3-4-7/h6-8,10H,3-5,9H2,1-2H3. The summed E-state index contributed by atoms with van der Waals surface area (Å²) in [4.78, 5) is 0. The maximum atomic E-state index is 5.41. The van der Waals surface area contributed by atoms with Crippen LogP contribution < -0.4 is 11.3 Å². The molecule has 66 valence electrons. The third-order valence-electron chi connectivity index (χ3n) is 2.39. The molecule has 0 aromatic carbocycles. The predicted octanol–water partition coefficient (Wildman–Crippen LogP) is 0.653. The molecular formula is C8H18N2O. The number of rotatable bonds is 5. The van der Waals surface area contributed by atoms with Crippen molar-refractivity contribution >= 4 is 0 Å². The van der Waals surface area contributed by atoms with Gasteiger partial charge in [-0.25, -0.2) is 0 Å². The smallest absolute Gasteiger partial charge is 0.0558 e. The monoisotopic (exact) mass is 158 g/mol. The summed E-state index contributed by atoms with van der Waals surface area (Å²) in [6.45, 7) is 2.08. The van der Waals surface area contributed by atoms with E-state index < -0.39 is 0 Å². The van der Waals surface area contributed by atoms with Crippen LogP contribution in [0.3, 0.4) is 0 Å². The Morgan fingerprint density at radius 2 is 2.27 bits per heavy atom. The maximum absolute atomic E-state index is 5.41. The molecule has 1 saturated carbocycles. The van der Waals surface area contributed by atoms with Crippen molar-refractivity contribution < 1.29 is 4.74 Å². The van der Waals surface area contributed by atoms with Gasteiger partial charge in [0.1, 0.15) is 0 Å². The first kappa shape index (κ1) is 8.97. The Labute approximate surface area is 68.3 Å². The highest BCUT2D eigenvalue weighted by atomic mass is 16.5. The molecule has 1 fully saturated rings. The molecule has 3 N–H and O–H groups in total. The maximum Gasteiger partial charge on any atom is 0.0558 e. The van der Waals surface area contributed by atoms with Gasteiger partial charge in [0.15, 0.2) is 0 Å². The molecule has 3 nitrogen and oxygen atoms in total. The van der Waals surface area contributed by atoms with E-state index in [2.05, 4.69) is 12.3 Å². The molecule has 0 aliphatic heterocycles. The van der Waals surface area contributed by atoms with Crippen molar-refractivity contribution in [2.75, 3.05) is 7.11 Å². The van der Waals surface area contributed by atoms with Crippen LogP contribution in [-0.2, 0) is 4.74 Å². The minimum Gasteiger partial charge on any atom is -0.382 e. The fourth-order valence-corrected chi connectivity index (χ4v) is 1.35. The fourth-order valence-electron chi connectivity index (χ4n) is 1.35. The molecule has 0 heterocycles. The van der Waals surface area contributed by atoms with Crippen molar-refractivity contribution in [2.45, 2.75) is 38.3 Å². The van der Waals surface area contributed by atoms with E-state index in [9.17, 15) is 0 Å². The number of hydrogen-bond acceptors (Lipinski definition) is 3. The number of ether oxygens (including phenoxy) is 1. The van der Waals surface area contributed by atoms with E-state index in [-0.39, 0.29) is 0 Å². The van der Waals surface area contributed by atoms with Gasteiger partial charge in [-0.15, -0.1) is 0 Å². The minimum absolute atomic E-state index is 0.316. The molecule has 1 rings (SSSR count). The van der Waals surface area contributed by atoms with Crippen molar-refractivity contribution in [1.82, 2.24) is 5.43 Å². The van der Waals surface area contributed by atoms with Crippen molar-refractivity contribution in [3.8, 4) is 0 Å². The fraction of sp³-hybridized carbons (Fsp3) is 1.00. The molecule has 1 aliphatic rings. The molecular weight excluding hydrogens is 140 g/mol. The first-order valence-electron chi connectivity index (χ1n) is 4.26. The van der Waals surface area contributed by atoms with Crippen LogP contribution in [0.1, 0.15) is 26.2 Å². The van der Waals surface area contributed by atoms with E-state index in [1.54, 1.807) is 7.11 Å². The summed E-state index contributed by atoms with van der Waals surface area (Å²) in [5.74, 6) is 6.21. The van der Waals surface area contributed by atoms with Crippen LogP contribution in [-0.4, -0.2) is 19.3 Å². The number of nitrogens with two attached hydrogens (primary N) is 1. The number of nitrogens with one attached hydrogen (secondary N) is 1. The van der Waals surface area contributed by atoms with Gasteiger partial charge in [0.05, 0.1) is 6.10 Å². The third kappa shape index (κ3) is 2.77. The lowest BCUT2D eigenvalue weighted by Crippen LogP contribution is -2.39. The molecule has 11 heavy (non-hydrogen) atoms. The first-order valence-corrected chi connectivity index (χ1v) is 4.26. The zero-order valence-electron chi connectivity index (χ0n) is 7.34. The van der Waals surface area contributed by atoms with Crippen LogP contribution in [0.5, 0.6) is 0 Å². The highest BCUT2D eigenvalue weighted by Gasteiger charge is 2.31. The van der Waals surface area contributed by atoms with Crippen LogP contribution in [0.25, 0.3) is 0 Å². The Balaban J connectivity index is 2.19. The summed E-state index contributed by atoms with van der Waals surface area (Å²) < 4.78 is 5.16. The summed E-state index contributed by atoms with van der Waals surface area (Å²) in [6.07, 6.45) is 3.99. The zero-order valence-corrected chi connectivity index (χ0v) is 7.34. The van der Waals surface area contributed by atoms with Crippen LogP contribution in [0, 0.1) is 5.92 Å². The topological polar surface area (TPSA) is 47.3 Å². The summed E-state index contributed by atoms with van der Waals surface area (Å²) in [5, 5.41) is 0. The van der Waals surface area contributed by atoms with Gasteiger partial charge in [-0.05, 0) is 32.1 Å². The van der Waals surface area contributed by atoms with Crippen molar-refractivity contribution in [1.29, 1.82) is 0 Å². The van der Waals surface area contributed by atoms with E-state index in [1.807, 2.05) is 0 Å². The van der Waals surface area contributed by atoms with E-state index in [1.165, 1.54) is 12.8 Å². The average Bonchev–Trinajstić information content (AvgIpc) is 2.82. The molecule has 0 amide bonds. The van der Waals surface area contributed by atoms with Crippen LogP contribution in [0.15, 0.2) is 0 Å². The second-order valence-electron chi connectivity index (χ2n) is 3.39. The highest BCUT2D eigenvalue weighted by molar-refractivity contribution is 4.86. The number of hydrogen-bond donors (Lipinski definition) is 2. The SMILES string of the molecule is COC(C)CC(NN)C1CC1. The van der Waals surface area contributed by atoms with Gasteiger partial charge in [0.25, 0.3) is 0 Å². The molecule has 3 heteroatoms. The second kappa shape index (κ2) is 4.04. The van der Waals surface area contributed by atoms with E-state index in [0.717, 1.165) is 12.3 Å². The molecule has 0 saturated heterocycles. The Morgan fingerprint density at radius 3 is 2.64 bits per heavy atom. The Kier molecular flexibility index (Phi) is 3.30. The van der Waals surface area contributed by atoms with E-state index in [4.69, 9.17) is 10.6 Å². The largest absolute Gasteiger partial charge is 0.382 e. The molecule has 0 aromatic heterocycles. The average molecular weight is 158 g/mol.